The third kappa shape index (κ3) is 3.21. The maximum absolute atomic E-state index is 6.36. The molecule has 6 nitrogen and oxygen atoms in total. The van der Waals surface area contributed by atoms with Gasteiger partial charge in [-0.15, -0.1) is 0 Å². The van der Waals surface area contributed by atoms with Crippen LogP contribution in [0.1, 0.15) is 31.4 Å². The van der Waals surface area contributed by atoms with Crippen molar-refractivity contribution in [2.75, 3.05) is 4.90 Å². The summed E-state index contributed by atoms with van der Waals surface area (Å²) in [6, 6.07) is 7.14. The number of aromatic nitrogens is 4. The van der Waals surface area contributed by atoms with E-state index in [1.165, 1.54) is 24.6 Å². The molecule has 5 rings (SSSR count). The zero-order valence-electron chi connectivity index (χ0n) is 15.5. The predicted molar refractivity (Wildman–Crippen MR) is 112 cm³/mol. The standard InChI is InChI=1S/C20H21ClN6S/c1-11-19(21)16(6-7-23-11)28-18-5-4-15-20(26-18)24-10-17(25-15)27-13-2-3-14(27)9-12(22)8-13/h4-7,10,12-14H,2-3,8-9,22H2,1H3/t12-,13-,14+. The number of anilines is 1. The lowest BCUT2D eigenvalue weighted by Gasteiger charge is -2.38. The Balaban J connectivity index is 1.43. The largest absolute Gasteiger partial charge is 0.349 e. The first-order chi connectivity index (χ1) is 13.6. The van der Waals surface area contributed by atoms with Crippen molar-refractivity contribution in [3.8, 4) is 0 Å². The molecule has 0 aliphatic carbocycles. The quantitative estimate of drug-likeness (QED) is 0.696. The molecule has 0 unspecified atom stereocenters. The van der Waals surface area contributed by atoms with Gasteiger partial charge in [-0.25, -0.2) is 15.0 Å². The lowest BCUT2D eigenvalue weighted by molar-refractivity contribution is 0.412. The highest BCUT2D eigenvalue weighted by Gasteiger charge is 2.40. The van der Waals surface area contributed by atoms with E-state index in [0.29, 0.717) is 28.8 Å². The molecule has 8 heteroatoms. The zero-order valence-corrected chi connectivity index (χ0v) is 17.1. The molecule has 28 heavy (non-hydrogen) atoms. The van der Waals surface area contributed by atoms with Gasteiger partial charge >= 0.3 is 0 Å². The zero-order chi connectivity index (χ0) is 19.3. The first-order valence-corrected chi connectivity index (χ1v) is 10.7. The second kappa shape index (κ2) is 7.13. The highest BCUT2D eigenvalue weighted by molar-refractivity contribution is 7.99. The van der Waals surface area contributed by atoms with Crippen LogP contribution in [0.5, 0.6) is 0 Å². The summed E-state index contributed by atoms with van der Waals surface area (Å²) in [5, 5.41) is 1.50. The molecule has 0 saturated carbocycles. The van der Waals surface area contributed by atoms with Crippen LogP contribution in [0.3, 0.4) is 0 Å². The van der Waals surface area contributed by atoms with Crippen molar-refractivity contribution in [3.63, 3.8) is 0 Å². The second-order valence-corrected chi connectivity index (χ2v) is 8.99. The van der Waals surface area contributed by atoms with E-state index < -0.39 is 0 Å². The van der Waals surface area contributed by atoms with Gasteiger partial charge in [0.25, 0.3) is 0 Å². The van der Waals surface area contributed by atoms with Gasteiger partial charge in [-0.2, -0.15) is 0 Å². The number of hydrogen-bond acceptors (Lipinski definition) is 7. The summed E-state index contributed by atoms with van der Waals surface area (Å²) in [7, 11) is 0. The summed E-state index contributed by atoms with van der Waals surface area (Å²) in [6.07, 6.45) is 8.08. The van der Waals surface area contributed by atoms with Gasteiger partial charge in [0.15, 0.2) is 5.65 Å². The van der Waals surface area contributed by atoms with Crippen molar-refractivity contribution < 1.29 is 0 Å². The minimum Gasteiger partial charge on any atom is -0.349 e. The average molecular weight is 413 g/mol. The summed E-state index contributed by atoms with van der Waals surface area (Å²) >= 11 is 7.87. The fraction of sp³-hybridized carbons (Fsp3) is 0.400. The number of hydrogen-bond donors (Lipinski definition) is 1. The number of aryl methyl sites for hydroxylation is 1. The summed E-state index contributed by atoms with van der Waals surface area (Å²) in [5.41, 5.74) is 8.47. The van der Waals surface area contributed by atoms with Gasteiger partial charge in [-0.3, -0.25) is 4.98 Å². The lowest BCUT2D eigenvalue weighted by Crippen LogP contribution is -2.47. The minimum absolute atomic E-state index is 0.312. The smallest absolute Gasteiger partial charge is 0.179 e. The van der Waals surface area contributed by atoms with Gasteiger partial charge in [-0.05, 0) is 50.8 Å². The summed E-state index contributed by atoms with van der Waals surface area (Å²) in [4.78, 5) is 21.7. The third-order valence-corrected chi connectivity index (χ3v) is 7.23. The van der Waals surface area contributed by atoms with Gasteiger partial charge in [0, 0.05) is 29.2 Å². The van der Waals surface area contributed by atoms with Crippen molar-refractivity contribution in [2.24, 2.45) is 5.73 Å². The van der Waals surface area contributed by atoms with Crippen LogP contribution in [0.2, 0.25) is 5.02 Å². The number of piperidine rings is 1. The molecule has 2 aliphatic heterocycles. The molecule has 5 heterocycles. The molecule has 2 N–H and O–H groups in total. The van der Waals surface area contributed by atoms with Crippen molar-refractivity contribution in [3.05, 3.63) is 41.3 Å². The van der Waals surface area contributed by atoms with Crippen LogP contribution >= 0.6 is 23.4 Å². The molecule has 2 aliphatic rings. The number of fused-ring (bicyclic) bond motifs is 3. The maximum Gasteiger partial charge on any atom is 0.179 e. The highest BCUT2D eigenvalue weighted by atomic mass is 35.5. The molecule has 3 aromatic rings. The Morgan fingerprint density at radius 1 is 1.11 bits per heavy atom. The molecule has 144 valence electrons. The Morgan fingerprint density at radius 3 is 2.68 bits per heavy atom. The van der Waals surface area contributed by atoms with E-state index in [4.69, 9.17) is 22.3 Å². The Hall–Kier alpha value is -1.96. The Bertz CT molecular complexity index is 1030. The van der Waals surface area contributed by atoms with Crippen LogP contribution < -0.4 is 10.6 Å². The maximum atomic E-state index is 6.36. The molecule has 0 aromatic carbocycles. The van der Waals surface area contributed by atoms with Crippen molar-refractivity contribution in [1.82, 2.24) is 19.9 Å². The van der Waals surface area contributed by atoms with Gasteiger partial charge < -0.3 is 10.6 Å². The van der Waals surface area contributed by atoms with E-state index in [0.717, 1.165) is 39.8 Å². The molecule has 0 amide bonds. The minimum atomic E-state index is 0.312. The number of nitrogens with zero attached hydrogens (tertiary/aromatic N) is 5. The van der Waals surface area contributed by atoms with Gasteiger partial charge in [0.05, 0.1) is 16.9 Å². The molecule has 2 fully saturated rings. The first-order valence-electron chi connectivity index (χ1n) is 9.55. The van der Waals surface area contributed by atoms with Crippen molar-refractivity contribution >= 4 is 40.3 Å². The van der Waals surface area contributed by atoms with Gasteiger partial charge in [0.1, 0.15) is 16.4 Å². The molecule has 2 bridgehead atoms. The van der Waals surface area contributed by atoms with Crippen LogP contribution in [-0.4, -0.2) is 38.1 Å². The molecule has 0 radical (unpaired) electrons. The highest BCUT2D eigenvalue weighted by Crippen LogP contribution is 2.38. The fourth-order valence-electron chi connectivity index (χ4n) is 4.37. The van der Waals surface area contributed by atoms with E-state index in [1.54, 1.807) is 6.20 Å². The number of halogens is 1. The number of nitrogens with two attached hydrogens (primary N) is 1. The van der Waals surface area contributed by atoms with Crippen LogP contribution in [0, 0.1) is 6.92 Å². The Kier molecular flexibility index (Phi) is 4.61. The summed E-state index contributed by atoms with van der Waals surface area (Å²) in [5.74, 6) is 0.946. The molecule has 2 saturated heterocycles. The molecule has 3 aromatic heterocycles. The third-order valence-electron chi connectivity index (χ3n) is 5.64. The van der Waals surface area contributed by atoms with E-state index >= 15 is 0 Å². The van der Waals surface area contributed by atoms with Crippen LogP contribution in [0.15, 0.2) is 40.5 Å². The van der Waals surface area contributed by atoms with Crippen LogP contribution in [0.25, 0.3) is 11.2 Å². The summed E-state index contributed by atoms with van der Waals surface area (Å²) in [6.45, 7) is 1.90. The van der Waals surface area contributed by atoms with Crippen LogP contribution in [0.4, 0.5) is 5.82 Å². The topological polar surface area (TPSA) is 80.8 Å². The van der Waals surface area contributed by atoms with Gasteiger partial charge in [0.2, 0.25) is 0 Å². The van der Waals surface area contributed by atoms with Crippen LogP contribution in [-0.2, 0) is 0 Å². The van der Waals surface area contributed by atoms with E-state index in [9.17, 15) is 0 Å². The fourth-order valence-corrected chi connectivity index (χ4v) is 5.46. The molecule has 0 spiro atoms. The average Bonchev–Trinajstić information content (AvgIpc) is 2.96. The van der Waals surface area contributed by atoms with Crippen molar-refractivity contribution in [2.45, 2.75) is 60.7 Å². The Morgan fingerprint density at radius 2 is 1.89 bits per heavy atom. The molecular weight excluding hydrogens is 392 g/mol. The van der Waals surface area contributed by atoms with Gasteiger partial charge in [-0.1, -0.05) is 23.4 Å². The molecule has 3 atom stereocenters. The monoisotopic (exact) mass is 412 g/mol. The van der Waals surface area contributed by atoms with E-state index in [2.05, 4.69) is 19.9 Å². The second-order valence-electron chi connectivity index (χ2n) is 7.55. The van der Waals surface area contributed by atoms with Crippen molar-refractivity contribution in [1.29, 1.82) is 0 Å². The molecular formula is C20H21ClN6S. The normalized spacial score (nSPS) is 24.1. The lowest BCUT2D eigenvalue weighted by atomic mass is 9.98. The number of pyridine rings is 2. The predicted octanol–water partition coefficient (Wildman–Crippen LogP) is 3.99. The first kappa shape index (κ1) is 18.1. The Labute approximate surface area is 172 Å². The van der Waals surface area contributed by atoms with E-state index in [1.807, 2.05) is 31.3 Å². The SMILES string of the molecule is Cc1nccc(Sc2ccc3nc(N4[C@@H]5CC[C@H]4C[C@H](N)C5)cnc3n2)c1Cl. The van der Waals surface area contributed by atoms with E-state index in [-0.39, 0.29) is 0 Å². The number of rotatable bonds is 3. The summed E-state index contributed by atoms with van der Waals surface area (Å²) < 4.78 is 0.